The van der Waals surface area contributed by atoms with E-state index in [4.69, 9.17) is 0 Å². The van der Waals surface area contributed by atoms with Gasteiger partial charge in [0.15, 0.2) is 0 Å². The van der Waals surface area contributed by atoms with Crippen LogP contribution in [0.15, 0.2) is 30.6 Å². The first-order valence-corrected chi connectivity index (χ1v) is 3.22. The van der Waals surface area contributed by atoms with E-state index >= 15 is 0 Å². The first kappa shape index (κ1) is 6.22. The molecule has 0 unspecified atom stereocenters. The molecule has 2 nitrogen and oxygen atoms in total. The van der Waals surface area contributed by atoms with Crippen LogP contribution in [0.3, 0.4) is 0 Å². The number of fused-ring (bicyclic) bond motifs is 1. The van der Waals surface area contributed by atoms with Crippen LogP contribution < -0.4 is 0 Å². The van der Waals surface area contributed by atoms with E-state index in [1.165, 1.54) is 12.1 Å². The predicted molar refractivity (Wildman–Crippen MR) is 39.5 cm³/mol. The fourth-order valence-electron chi connectivity index (χ4n) is 0.966. The zero-order chi connectivity index (χ0) is 7.68. The molecule has 0 amide bonds. The number of nitrogens with zero attached hydrogens (tertiary/aromatic N) is 2. The van der Waals surface area contributed by atoms with Crippen molar-refractivity contribution in [1.29, 1.82) is 0 Å². The van der Waals surface area contributed by atoms with Gasteiger partial charge in [-0.25, -0.2) is 4.39 Å². The fourth-order valence-corrected chi connectivity index (χ4v) is 0.966. The lowest BCUT2D eigenvalue weighted by Crippen LogP contribution is -1.80. The van der Waals surface area contributed by atoms with Gasteiger partial charge in [0.05, 0.1) is 12.4 Å². The molecule has 0 spiro atoms. The Morgan fingerprint density at radius 2 is 1.73 bits per heavy atom. The number of rotatable bonds is 0. The molecule has 0 bridgehead atoms. The Hall–Kier alpha value is -1.51. The summed E-state index contributed by atoms with van der Waals surface area (Å²) in [7, 11) is 0. The lowest BCUT2D eigenvalue weighted by atomic mass is 10.2. The van der Waals surface area contributed by atoms with Crippen LogP contribution in [0.5, 0.6) is 0 Å². The molecular formula is C8H5FN2. The highest BCUT2D eigenvalue weighted by atomic mass is 19.1. The van der Waals surface area contributed by atoms with Gasteiger partial charge in [0, 0.05) is 10.8 Å². The molecule has 3 heteroatoms. The summed E-state index contributed by atoms with van der Waals surface area (Å²) in [5, 5.41) is 8.99. The maximum atomic E-state index is 12.6. The molecule has 0 aliphatic rings. The maximum absolute atomic E-state index is 12.6. The molecule has 0 saturated carbocycles. The third-order valence-corrected chi connectivity index (χ3v) is 1.51. The molecule has 54 valence electrons. The van der Waals surface area contributed by atoms with E-state index in [1.807, 2.05) is 0 Å². The first-order chi connectivity index (χ1) is 5.36. The molecule has 2 rings (SSSR count). The van der Waals surface area contributed by atoms with Crippen molar-refractivity contribution in [1.82, 2.24) is 10.2 Å². The summed E-state index contributed by atoms with van der Waals surface area (Å²) in [6, 6.07) is 4.52. The van der Waals surface area contributed by atoms with E-state index in [9.17, 15) is 4.39 Å². The normalized spacial score (nSPS) is 10.3. The highest BCUT2D eigenvalue weighted by molar-refractivity contribution is 5.80. The van der Waals surface area contributed by atoms with Gasteiger partial charge in [0.25, 0.3) is 0 Å². The quantitative estimate of drug-likeness (QED) is 0.569. The van der Waals surface area contributed by atoms with Crippen LogP contribution in [0.1, 0.15) is 0 Å². The van der Waals surface area contributed by atoms with Crippen LogP contribution in [-0.2, 0) is 0 Å². The third-order valence-electron chi connectivity index (χ3n) is 1.51. The first-order valence-electron chi connectivity index (χ1n) is 3.22. The van der Waals surface area contributed by atoms with Crippen LogP contribution in [0.2, 0.25) is 0 Å². The van der Waals surface area contributed by atoms with Gasteiger partial charge in [-0.2, -0.15) is 10.2 Å². The molecule has 0 fully saturated rings. The van der Waals surface area contributed by atoms with Gasteiger partial charge in [-0.1, -0.05) is 0 Å². The van der Waals surface area contributed by atoms with E-state index in [-0.39, 0.29) is 5.82 Å². The Morgan fingerprint density at radius 3 is 2.55 bits per heavy atom. The van der Waals surface area contributed by atoms with Crippen LogP contribution in [0, 0.1) is 5.82 Å². The molecule has 0 saturated heterocycles. The second-order valence-corrected chi connectivity index (χ2v) is 2.26. The summed E-state index contributed by atoms with van der Waals surface area (Å²) in [5.41, 5.74) is 0. The van der Waals surface area contributed by atoms with Crippen LogP contribution in [-0.4, -0.2) is 10.2 Å². The van der Waals surface area contributed by atoms with Gasteiger partial charge in [-0.05, 0) is 18.2 Å². The van der Waals surface area contributed by atoms with Crippen LogP contribution >= 0.6 is 0 Å². The summed E-state index contributed by atoms with van der Waals surface area (Å²) in [5.74, 6) is -0.245. The van der Waals surface area contributed by atoms with Gasteiger partial charge < -0.3 is 0 Å². The lowest BCUT2D eigenvalue weighted by Gasteiger charge is -1.93. The van der Waals surface area contributed by atoms with Crippen LogP contribution in [0.25, 0.3) is 10.8 Å². The van der Waals surface area contributed by atoms with Crippen LogP contribution in [0.4, 0.5) is 4.39 Å². The summed E-state index contributed by atoms with van der Waals surface area (Å²) < 4.78 is 12.6. The molecule has 0 atom stereocenters. The zero-order valence-corrected chi connectivity index (χ0v) is 5.66. The highest BCUT2D eigenvalue weighted by Crippen LogP contribution is 2.11. The SMILES string of the molecule is Fc1ccc2cnncc2c1. The Bertz CT molecular complexity index is 387. The lowest BCUT2D eigenvalue weighted by molar-refractivity contribution is 0.629. The molecule has 0 aliphatic carbocycles. The van der Waals surface area contributed by atoms with E-state index in [0.29, 0.717) is 0 Å². The second-order valence-electron chi connectivity index (χ2n) is 2.26. The number of benzene rings is 1. The summed E-state index contributed by atoms with van der Waals surface area (Å²) in [6.45, 7) is 0. The smallest absolute Gasteiger partial charge is 0.123 e. The molecule has 0 radical (unpaired) electrons. The number of hydrogen-bond donors (Lipinski definition) is 0. The molecular weight excluding hydrogens is 143 g/mol. The Balaban J connectivity index is 2.83. The summed E-state index contributed by atoms with van der Waals surface area (Å²) in [6.07, 6.45) is 3.15. The average molecular weight is 148 g/mol. The summed E-state index contributed by atoms with van der Waals surface area (Å²) >= 11 is 0. The predicted octanol–water partition coefficient (Wildman–Crippen LogP) is 1.77. The highest BCUT2D eigenvalue weighted by Gasteiger charge is 1.93. The molecule has 2 aromatic rings. The monoisotopic (exact) mass is 148 g/mol. The van der Waals surface area contributed by atoms with Crippen molar-refractivity contribution in [3.63, 3.8) is 0 Å². The van der Waals surface area contributed by atoms with E-state index in [0.717, 1.165) is 10.8 Å². The molecule has 1 heterocycles. The van der Waals surface area contributed by atoms with Crippen molar-refractivity contribution in [2.45, 2.75) is 0 Å². The van der Waals surface area contributed by atoms with E-state index < -0.39 is 0 Å². The maximum Gasteiger partial charge on any atom is 0.123 e. The Morgan fingerprint density at radius 1 is 1.00 bits per heavy atom. The Labute approximate surface area is 62.7 Å². The topological polar surface area (TPSA) is 25.8 Å². The zero-order valence-electron chi connectivity index (χ0n) is 5.66. The third kappa shape index (κ3) is 1.05. The van der Waals surface area contributed by atoms with Crippen molar-refractivity contribution in [3.8, 4) is 0 Å². The largest absolute Gasteiger partial charge is 0.207 e. The fraction of sp³-hybridized carbons (Fsp3) is 0. The average Bonchev–Trinajstić information content (AvgIpc) is 2.04. The standard InChI is InChI=1S/C8H5FN2/c9-8-2-1-6-4-10-11-5-7(6)3-8/h1-5H. The Kier molecular flexibility index (Phi) is 1.28. The van der Waals surface area contributed by atoms with Gasteiger partial charge >= 0.3 is 0 Å². The van der Waals surface area contributed by atoms with Crippen molar-refractivity contribution in [3.05, 3.63) is 36.4 Å². The minimum Gasteiger partial charge on any atom is -0.207 e. The molecule has 1 aromatic heterocycles. The molecule has 0 N–H and O–H groups in total. The number of halogens is 1. The minimum absolute atomic E-state index is 0.245. The molecule has 11 heavy (non-hydrogen) atoms. The van der Waals surface area contributed by atoms with Crippen molar-refractivity contribution >= 4 is 10.8 Å². The van der Waals surface area contributed by atoms with Gasteiger partial charge in [-0.15, -0.1) is 0 Å². The number of aromatic nitrogens is 2. The van der Waals surface area contributed by atoms with Crippen molar-refractivity contribution in [2.75, 3.05) is 0 Å². The second kappa shape index (κ2) is 2.27. The van der Waals surface area contributed by atoms with E-state index in [1.54, 1.807) is 18.5 Å². The summed E-state index contributed by atoms with van der Waals surface area (Å²) in [4.78, 5) is 0. The minimum atomic E-state index is -0.245. The molecule has 1 aromatic carbocycles. The van der Waals surface area contributed by atoms with Gasteiger partial charge in [0.1, 0.15) is 5.82 Å². The van der Waals surface area contributed by atoms with Crippen molar-refractivity contribution < 1.29 is 4.39 Å². The molecule has 0 aliphatic heterocycles. The van der Waals surface area contributed by atoms with E-state index in [2.05, 4.69) is 10.2 Å². The van der Waals surface area contributed by atoms with Gasteiger partial charge in [0.2, 0.25) is 0 Å². The number of hydrogen-bond acceptors (Lipinski definition) is 2. The van der Waals surface area contributed by atoms with Crippen molar-refractivity contribution in [2.24, 2.45) is 0 Å². The van der Waals surface area contributed by atoms with Gasteiger partial charge in [-0.3, -0.25) is 0 Å².